The molecule has 2 saturated carbocycles. The molecule has 0 amide bonds. The van der Waals surface area contributed by atoms with Crippen LogP contribution in [0.3, 0.4) is 0 Å². The molecule has 1 aromatic carbocycles. The van der Waals surface area contributed by atoms with Crippen molar-refractivity contribution in [3.8, 4) is 0 Å². The fourth-order valence-electron chi connectivity index (χ4n) is 4.70. The predicted molar refractivity (Wildman–Crippen MR) is 94.7 cm³/mol. The summed E-state index contributed by atoms with van der Waals surface area (Å²) < 4.78 is 26.6. The summed E-state index contributed by atoms with van der Waals surface area (Å²) in [6, 6.07) is 3.63. The summed E-state index contributed by atoms with van der Waals surface area (Å²) in [7, 11) is -3.13. The zero-order chi connectivity index (χ0) is 17.4. The third-order valence-corrected chi connectivity index (χ3v) is 8.61. The van der Waals surface area contributed by atoms with Gasteiger partial charge < -0.3 is 5.11 Å². The standard InChI is InChI=1S/C17H20ClN3O3S/c18-13-3-10-7-19-20-16(10)15(4-13)17(22)5-11-8-21(9-12(11)6-17)25(23,24)14-1-2-14/h3-4,7,11-12,14,22H,1-2,5-6,8-9H2,(H,19,20)/t11-,12+,17?. The topological polar surface area (TPSA) is 86.3 Å². The molecule has 0 radical (unpaired) electrons. The number of hydrogen-bond acceptors (Lipinski definition) is 4. The summed E-state index contributed by atoms with van der Waals surface area (Å²) in [6.07, 6.45) is 4.40. The van der Waals surface area contributed by atoms with Gasteiger partial charge in [0.25, 0.3) is 0 Å². The minimum Gasteiger partial charge on any atom is -0.385 e. The summed E-state index contributed by atoms with van der Waals surface area (Å²) in [5.41, 5.74) is 0.605. The molecule has 1 aliphatic heterocycles. The van der Waals surface area contributed by atoms with Gasteiger partial charge in [0.1, 0.15) is 0 Å². The van der Waals surface area contributed by atoms with Crippen molar-refractivity contribution < 1.29 is 13.5 Å². The Bertz CT molecular complexity index is 939. The zero-order valence-corrected chi connectivity index (χ0v) is 15.2. The number of sulfonamides is 1. The first-order valence-electron chi connectivity index (χ1n) is 8.71. The molecule has 2 aliphatic carbocycles. The molecule has 3 aliphatic rings. The summed E-state index contributed by atoms with van der Waals surface area (Å²) in [6.45, 7) is 1.05. The molecule has 2 N–H and O–H groups in total. The number of halogens is 1. The van der Waals surface area contributed by atoms with Crippen LogP contribution in [0.5, 0.6) is 0 Å². The van der Waals surface area contributed by atoms with Crippen LogP contribution in [0.2, 0.25) is 5.02 Å². The molecule has 3 atom stereocenters. The fraction of sp³-hybridized carbons (Fsp3) is 0.588. The predicted octanol–water partition coefficient (Wildman–Crippen LogP) is 2.24. The number of H-pyrrole nitrogens is 1. The Morgan fingerprint density at radius 3 is 2.56 bits per heavy atom. The number of aromatic amines is 1. The Labute approximate surface area is 151 Å². The van der Waals surface area contributed by atoms with Crippen molar-refractivity contribution >= 4 is 32.5 Å². The Hall–Kier alpha value is -1.15. The van der Waals surface area contributed by atoms with Gasteiger partial charge in [-0.3, -0.25) is 5.10 Å². The van der Waals surface area contributed by atoms with Crippen molar-refractivity contribution in [2.75, 3.05) is 13.1 Å². The van der Waals surface area contributed by atoms with Gasteiger partial charge in [0, 0.05) is 29.1 Å². The van der Waals surface area contributed by atoms with Gasteiger partial charge in [-0.2, -0.15) is 5.10 Å². The van der Waals surface area contributed by atoms with E-state index in [1.54, 1.807) is 10.5 Å². The van der Waals surface area contributed by atoms with Gasteiger partial charge in [0.2, 0.25) is 10.0 Å². The SMILES string of the molecule is O=S(=O)(C1CC1)N1C[C@@H]2CC(O)(c3cc(Cl)cc4cn[nH]c34)C[C@@H]2C1. The molecule has 5 rings (SSSR count). The minimum atomic E-state index is -3.13. The average Bonchev–Trinajstić information content (AvgIpc) is 3.07. The van der Waals surface area contributed by atoms with Crippen LogP contribution in [0, 0.1) is 11.8 Å². The van der Waals surface area contributed by atoms with Crippen LogP contribution >= 0.6 is 11.6 Å². The second kappa shape index (κ2) is 5.19. The van der Waals surface area contributed by atoms with E-state index in [-0.39, 0.29) is 17.1 Å². The Kier molecular flexibility index (Phi) is 3.33. The van der Waals surface area contributed by atoms with Crippen LogP contribution in [0.15, 0.2) is 18.3 Å². The number of aromatic nitrogens is 2. The first-order valence-corrected chi connectivity index (χ1v) is 10.6. The first-order chi connectivity index (χ1) is 11.9. The van der Waals surface area contributed by atoms with Crippen molar-refractivity contribution in [2.45, 2.75) is 36.5 Å². The molecule has 0 bridgehead atoms. The maximum atomic E-state index is 12.5. The monoisotopic (exact) mass is 381 g/mol. The highest BCUT2D eigenvalue weighted by Crippen LogP contribution is 2.51. The lowest BCUT2D eigenvalue weighted by atomic mass is 9.89. The van der Waals surface area contributed by atoms with Crippen LogP contribution < -0.4 is 0 Å². The van der Waals surface area contributed by atoms with Crippen LogP contribution in [0.25, 0.3) is 10.9 Å². The van der Waals surface area contributed by atoms with E-state index in [0.29, 0.717) is 31.0 Å². The lowest BCUT2D eigenvalue weighted by molar-refractivity contribution is 0.0352. The number of nitrogens with one attached hydrogen (secondary N) is 1. The molecule has 1 aromatic heterocycles. The number of nitrogens with zero attached hydrogens (tertiary/aromatic N) is 2. The molecule has 2 aromatic rings. The molecule has 2 heterocycles. The van der Waals surface area contributed by atoms with E-state index in [0.717, 1.165) is 29.3 Å². The van der Waals surface area contributed by atoms with Crippen LogP contribution in [0.4, 0.5) is 0 Å². The van der Waals surface area contributed by atoms with Crippen LogP contribution in [0.1, 0.15) is 31.2 Å². The summed E-state index contributed by atoms with van der Waals surface area (Å²) in [4.78, 5) is 0. The maximum Gasteiger partial charge on any atom is 0.216 e. The van der Waals surface area contributed by atoms with Gasteiger partial charge in [0.15, 0.2) is 0 Å². The molecule has 1 unspecified atom stereocenters. The minimum absolute atomic E-state index is 0.164. The van der Waals surface area contributed by atoms with Crippen molar-refractivity contribution in [1.82, 2.24) is 14.5 Å². The molecule has 0 spiro atoms. The summed E-state index contributed by atoms with van der Waals surface area (Å²) in [5.74, 6) is 0.381. The van der Waals surface area contributed by atoms with Crippen LogP contribution in [-0.4, -0.2) is 46.4 Å². The second-order valence-corrected chi connectivity index (χ2v) is 10.5. The van der Waals surface area contributed by atoms with Crippen molar-refractivity contribution in [1.29, 1.82) is 0 Å². The Morgan fingerprint density at radius 2 is 1.92 bits per heavy atom. The van der Waals surface area contributed by atoms with Crippen molar-refractivity contribution in [3.05, 3.63) is 28.9 Å². The first kappa shape index (κ1) is 16.1. The van der Waals surface area contributed by atoms with Gasteiger partial charge in [-0.15, -0.1) is 0 Å². The highest BCUT2D eigenvalue weighted by molar-refractivity contribution is 7.90. The number of aliphatic hydroxyl groups is 1. The highest BCUT2D eigenvalue weighted by atomic mass is 35.5. The fourth-order valence-corrected chi connectivity index (χ4v) is 6.88. The van der Waals surface area contributed by atoms with E-state index in [2.05, 4.69) is 10.2 Å². The molecular formula is C17H20ClN3O3S. The lowest BCUT2D eigenvalue weighted by Gasteiger charge is -2.27. The smallest absolute Gasteiger partial charge is 0.216 e. The maximum absolute atomic E-state index is 12.5. The van der Waals surface area contributed by atoms with E-state index in [1.165, 1.54) is 0 Å². The van der Waals surface area contributed by atoms with Gasteiger partial charge >= 0.3 is 0 Å². The molecule has 6 nitrogen and oxygen atoms in total. The van der Waals surface area contributed by atoms with E-state index in [1.807, 2.05) is 12.1 Å². The number of rotatable bonds is 3. The average molecular weight is 382 g/mol. The van der Waals surface area contributed by atoms with E-state index >= 15 is 0 Å². The quantitative estimate of drug-likeness (QED) is 0.853. The third-order valence-electron chi connectivity index (χ3n) is 6.06. The molecule has 134 valence electrons. The lowest BCUT2D eigenvalue weighted by Crippen LogP contribution is -2.34. The molecule has 3 fully saturated rings. The Morgan fingerprint density at radius 1 is 1.24 bits per heavy atom. The zero-order valence-electron chi connectivity index (χ0n) is 13.7. The highest BCUT2D eigenvalue weighted by Gasteiger charge is 2.53. The molecule has 1 saturated heterocycles. The number of benzene rings is 1. The second-order valence-electron chi connectivity index (χ2n) is 7.81. The number of fused-ring (bicyclic) bond motifs is 2. The molecule has 8 heteroatoms. The van der Waals surface area contributed by atoms with Gasteiger partial charge in [0.05, 0.1) is 22.6 Å². The van der Waals surface area contributed by atoms with Crippen molar-refractivity contribution in [2.24, 2.45) is 11.8 Å². The van der Waals surface area contributed by atoms with Crippen molar-refractivity contribution in [3.63, 3.8) is 0 Å². The largest absolute Gasteiger partial charge is 0.385 e. The summed E-state index contributed by atoms with van der Waals surface area (Å²) >= 11 is 6.23. The van der Waals surface area contributed by atoms with Gasteiger partial charge in [-0.05, 0) is 49.7 Å². The third kappa shape index (κ3) is 2.44. The molecular weight excluding hydrogens is 362 g/mol. The van der Waals surface area contributed by atoms with Gasteiger partial charge in [-0.25, -0.2) is 12.7 Å². The number of hydrogen-bond donors (Lipinski definition) is 2. The molecule has 25 heavy (non-hydrogen) atoms. The normalized spacial score (nSPS) is 33.2. The van der Waals surface area contributed by atoms with E-state index < -0.39 is 15.6 Å². The van der Waals surface area contributed by atoms with Crippen LogP contribution in [-0.2, 0) is 15.6 Å². The van der Waals surface area contributed by atoms with Gasteiger partial charge in [-0.1, -0.05) is 11.6 Å². The Balaban J connectivity index is 1.44. The van der Waals surface area contributed by atoms with E-state index in [9.17, 15) is 13.5 Å². The van der Waals surface area contributed by atoms with E-state index in [4.69, 9.17) is 11.6 Å². The summed E-state index contributed by atoms with van der Waals surface area (Å²) in [5, 5.41) is 19.7.